The molecule has 19 heavy (non-hydrogen) atoms. The van der Waals surface area contributed by atoms with E-state index in [2.05, 4.69) is 10.6 Å². The first-order valence-corrected chi connectivity index (χ1v) is 7.42. The van der Waals surface area contributed by atoms with Crippen molar-refractivity contribution in [2.45, 2.75) is 39.0 Å². The Kier molecular flexibility index (Phi) is 5.25. The second-order valence-corrected chi connectivity index (χ2v) is 5.29. The van der Waals surface area contributed by atoms with Gasteiger partial charge in [0.15, 0.2) is 0 Å². The average Bonchev–Trinajstić information content (AvgIpc) is 2.47. The van der Waals surface area contributed by atoms with Gasteiger partial charge in [-0.2, -0.15) is 0 Å². The van der Waals surface area contributed by atoms with Crippen LogP contribution in [-0.2, 0) is 0 Å². The van der Waals surface area contributed by atoms with Gasteiger partial charge in [0.2, 0.25) is 0 Å². The fourth-order valence-corrected chi connectivity index (χ4v) is 2.75. The molecule has 2 N–H and O–H groups in total. The van der Waals surface area contributed by atoms with E-state index in [1.54, 1.807) is 0 Å². The Morgan fingerprint density at radius 1 is 1.21 bits per heavy atom. The van der Waals surface area contributed by atoms with Gasteiger partial charge in [-0.25, -0.2) is 0 Å². The van der Waals surface area contributed by atoms with Crippen LogP contribution in [0.1, 0.15) is 49.4 Å². The zero-order valence-corrected chi connectivity index (χ0v) is 11.7. The number of rotatable bonds is 5. The zero-order valence-electron chi connectivity index (χ0n) is 11.7. The van der Waals surface area contributed by atoms with Gasteiger partial charge in [-0.05, 0) is 37.8 Å². The van der Waals surface area contributed by atoms with Gasteiger partial charge in [0.1, 0.15) is 0 Å². The van der Waals surface area contributed by atoms with Crippen LogP contribution in [-0.4, -0.2) is 19.0 Å². The number of hydrogen-bond acceptors (Lipinski definition) is 2. The molecule has 0 atom stereocenters. The van der Waals surface area contributed by atoms with E-state index in [1.165, 1.54) is 32.1 Å². The van der Waals surface area contributed by atoms with Crippen molar-refractivity contribution < 1.29 is 4.79 Å². The number of amides is 1. The maximum Gasteiger partial charge on any atom is 0.253 e. The van der Waals surface area contributed by atoms with Gasteiger partial charge >= 0.3 is 0 Å². The summed E-state index contributed by atoms with van der Waals surface area (Å²) < 4.78 is 0. The average molecular weight is 260 g/mol. The van der Waals surface area contributed by atoms with Crippen molar-refractivity contribution in [3.8, 4) is 0 Å². The minimum atomic E-state index is 0.0436. The molecule has 1 aromatic carbocycles. The topological polar surface area (TPSA) is 41.1 Å². The van der Waals surface area contributed by atoms with E-state index in [0.717, 1.165) is 24.3 Å². The van der Waals surface area contributed by atoms with Crippen molar-refractivity contribution >= 4 is 11.6 Å². The Bertz CT molecular complexity index is 411. The summed E-state index contributed by atoms with van der Waals surface area (Å²) in [6.45, 7) is 3.68. The minimum Gasteiger partial charge on any atom is -0.385 e. The molecule has 0 aromatic heterocycles. The summed E-state index contributed by atoms with van der Waals surface area (Å²) in [6.07, 6.45) is 6.50. The highest BCUT2D eigenvalue weighted by molar-refractivity contribution is 5.99. The van der Waals surface area contributed by atoms with Crippen molar-refractivity contribution in [1.82, 2.24) is 5.32 Å². The summed E-state index contributed by atoms with van der Waals surface area (Å²) in [5.74, 6) is 0.714. The van der Waals surface area contributed by atoms with Gasteiger partial charge < -0.3 is 10.6 Å². The van der Waals surface area contributed by atoms with Crippen LogP contribution in [0.25, 0.3) is 0 Å². The molecule has 1 fully saturated rings. The highest BCUT2D eigenvalue weighted by atomic mass is 16.1. The summed E-state index contributed by atoms with van der Waals surface area (Å²) in [5.41, 5.74) is 1.67. The molecule has 1 amide bonds. The van der Waals surface area contributed by atoms with Crippen molar-refractivity contribution in [3.63, 3.8) is 0 Å². The smallest absolute Gasteiger partial charge is 0.253 e. The molecule has 3 heteroatoms. The van der Waals surface area contributed by atoms with Crippen molar-refractivity contribution in [2.24, 2.45) is 5.92 Å². The number of benzene rings is 1. The largest absolute Gasteiger partial charge is 0.385 e. The molecule has 0 bridgehead atoms. The lowest BCUT2D eigenvalue weighted by Crippen LogP contribution is -2.30. The highest BCUT2D eigenvalue weighted by Crippen LogP contribution is 2.23. The maximum atomic E-state index is 12.2. The first kappa shape index (κ1) is 13.9. The number of para-hydroxylation sites is 1. The van der Waals surface area contributed by atoms with E-state index in [1.807, 2.05) is 31.2 Å². The monoisotopic (exact) mass is 260 g/mol. The van der Waals surface area contributed by atoms with Gasteiger partial charge in [0.25, 0.3) is 5.91 Å². The Labute approximate surface area is 115 Å². The second kappa shape index (κ2) is 7.17. The van der Waals surface area contributed by atoms with Crippen LogP contribution in [0.2, 0.25) is 0 Å². The van der Waals surface area contributed by atoms with Gasteiger partial charge in [-0.1, -0.05) is 31.4 Å². The summed E-state index contributed by atoms with van der Waals surface area (Å²) in [6, 6.07) is 7.71. The first-order valence-electron chi connectivity index (χ1n) is 7.42. The lowest BCUT2D eigenvalue weighted by atomic mass is 9.89. The third-order valence-corrected chi connectivity index (χ3v) is 3.81. The molecule has 104 valence electrons. The van der Waals surface area contributed by atoms with Gasteiger partial charge in [-0.3, -0.25) is 4.79 Å². The Hall–Kier alpha value is -1.51. The summed E-state index contributed by atoms with van der Waals surface area (Å²) in [5, 5.41) is 6.32. The molecule has 0 unspecified atom stereocenters. The maximum absolute atomic E-state index is 12.2. The van der Waals surface area contributed by atoms with E-state index in [0.29, 0.717) is 5.92 Å². The van der Waals surface area contributed by atoms with E-state index in [9.17, 15) is 4.79 Å². The molecule has 0 heterocycles. The van der Waals surface area contributed by atoms with Crippen LogP contribution >= 0.6 is 0 Å². The summed E-state index contributed by atoms with van der Waals surface area (Å²) in [7, 11) is 0. The van der Waals surface area contributed by atoms with Gasteiger partial charge in [0.05, 0.1) is 5.56 Å². The van der Waals surface area contributed by atoms with Crippen molar-refractivity contribution in [2.75, 3.05) is 18.4 Å². The predicted molar refractivity (Wildman–Crippen MR) is 79.5 cm³/mol. The fourth-order valence-electron chi connectivity index (χ4n) is 2.75. The summed E-state index contributed by atoms with van der Waals surface area (Å²) in [4.78, 5) is 12.2. The van der Waals surface area contributed by atoms with Crippen molar-refractivity contribution in [3.05, 3.63) is 29.8 Å². The van der Waals surface area contributed by atoms with Crippen LogP contribution in [0.3, 0.4) is 0 Å². The van der Waals surface area contributed by atoms with E-state index in [-0.39, 0.29) is 5.91 Å². The van der Waals surface area contributed by atoms with Crippen molar-refractivity contribution in [1.29, 1.82) is 0 Å². The molecule has 1 aliphatic carbocycles. The Morgan fingerprint density at radius 2 is 1.95 bits per heavy atom. The third kappa shape index (κ3) is 3.98. The molecule has 1 saturated carbocycles. The standard InChI is InChI=1S/C16H24N2O/c1-2-17-15-11-7-6-10-14(15)16(19)18-12-13-8-4-3-5-9-13/h6-7,10-11,13,17H,2-5,8-9,12H2,1H3,(H,18,19). The molecule has 0 saturated heterocycles. The zero-order chi connectivity index (χ0) is 13.5. The van der Waals surface area contributed by atoms with Crippen LogP contribution in [0.4, 0.5) is 5.69 Å². The molecule has 1 aromatic rings. The lowest BCUT2D eigenvalue weighted by Gasteiger charge is -2.22. The molecule has 0 radical (unpaired) electrons. The number of hydrogen-bond donors (Lipinski definition) is 2. The summed E-state index contributed by atoms with van der Waals surface area (Å²) >= 11 is 0. The van der Waals surface area contributed by atoms with E-state index < -0.39 is 0 Å². The number of nitrogens with one attached hydrogen (secondary N) is 2. The molecule has 2 rings (SSSR count). The SMILES string of the molecule is CCNc1ccccc1C(=O)NCC1CCCCC1. The van der Waals surface area contributed by atoms with Gasteiger partial charge in [0, 0.05) is 18.8 Å². The molecular weight excluding hydrogens is 236 g/mol. The molecular formula is C16H24N2O. The van der Waals surface area contributed by atoms with E-state index >= 15 is 0 Å². The quantitative estimate of drug-likeness (QED) is 0.851. The molecule has 0 spiro atoms. The number of anilines is 1. The normalized spacial score (nSPS) is 16.1. The van der Waals surface area contributed by atoms with Crippen LogP contribution in [0.15, 0.2) is 24.3 Å². The van der Waals surface area contributed by atoms with Gasteiger partial charge in [-0.15, -0.1) is 0 Å². The number of carbonyl (C=O) groups excluding carboxylic acids is 1. The fraction of sp³-hybridized carbons (Fsp3) is 0.562. The number of carbonyl (C=O) groups is 1. The predicted octanol–water partition coefficient (Wildman–Crippen LogP) is 3.43. The third-order valence-electron chi connectivity index (χ3n) is 3.81. The lowest BCUT2D eigenvalue weighted by molar-refractivity contribution is 0.0944. The first-order chi connectivity index (χ1) is 9.31. The molecule has 1 aliphatic rings. The molecule has 0 aliphatic heterocycles. The Balaban J connectivity index is 1.91. The second-order valence-electron chi connectivity index (χ2n) is 5.29. The Morgan fingerprint density at radius 3 is 2.68 bits per heavy atom. The van der Waals surface area contributed by atoms with Crippen LogP contribution in [0, 0.1) is 5.92 Å². The minimum absolute atomic E-state index is 0.0436. The van der Waals surface area contributed by atoms with E-state index in [4.69, 9.17) is 0 Å². The van der Waals surface area contributed by atoms with Crippen LogP contribution < -0.4 is 10.6 Å². The van der Waals surface area contributed by atoms with Crippen LogP contribution in [0.5, 0.6) is 0 Å². The highest BCUT2D eigenvalue weighted by Gasteiger charge is 2.16. The molecule has 3 nitrogen and oxygen atoms in total.